The zero-order valence-corrected chi connectivity index (χ0v) is 10.1. The first kappa shape index (κ1) is 12.1. The molecule has 2 rings (SSSR count). The van der Waals surface area contributed by atoms with Gasteiger partial charge in [-0.15, -0.1) is 11.8 Å². The normalized spacial score (nSPS) is 11.1. The van der Waals surface area contributed by atoms with Crippen molar-refractivity contribution in [3.63, 3.8) is 0 Å². The van der Waals surface area contributed by atoms with Gasteiger partial charge in [0.15, 0.2) is 0 Å². The molecule has 5 heteroatoms. The van der Waals surface area contributed by atoms with E-state index in [1.54, 1.807) is 0 Å². The van der Waals surface area contributed by atoms with Crippen LogP contribution in [0.4, 0.5) is 8.78 Å². The summed E-state index contributed by atoms with van der Waals surface area (Å²) in [5, 5.41) is 0. The lowest BCUT2D eigenvalue weighted by Gasteiger charge is -2.06. The molecule has 1 aromatic carbocycles. The Morgan fingerprint density at radius 3 is 2.65 bits per heavy atom. The molecule has 0 saturated carbocycles. The van der Waals surface area contributed by atoms with Gasteiger partial charge in [0, 0.05) is 17.3 Å². The number of hydrogen-bond donors (Lipinski definition) is 0. The molecule has 2 aromatic rings. The molecule has 0 aliphatic carbocycles. The minimum absolute atomic E-state index is 0.394. The molecule has 2 nitrogen and oxygen atoms in total. The van der Waals surface area contributed by atoms with E-state index in [9.17, 15) is 8.78 Å². The average Bonchev–Trinajstić information content (AvgIpc) is 2.76. The summed E-state index contributed by atoms with van der Waals surface area (Å²) >= 11 is 1.50. The Morgan fingerprint density at radius 2 is 2.00 bits per heavy atom. The van der Waals surface area contributed by atoms with E-state index in [1.165, 1.54) is 29.7 Å². The fourth-order valence-corrected chi connectivity index (χ4v) is 2.26. The highest BCUT2D eigenvalue weighted by atomic mass is 32.2. The van der Waals surface area contributed by atoms with Gasteiger partial charge < -0.3 is 0 Å². The van der Waals surface area contributed by atoms with Crippen molar-refractivity contribution in [2.45, 2.75) is 24.1 Å². The number of rotatable bonds is 4. The van der Waals surface area contributed by atoms with Crippen LogP contribution in [0.2, 0.25) is 0 Å². The van der Waals surface area contributed by atoms with Crippen LogP contribution in [0.1, 0.15) is 17.9 Å². The molecule has 0 bridgehead atoms. The van der Waals surface area contributed by atoms with E-state index in [0.29, 0.717) is 11.6 Å². The van der Waals surface area contributed by atoms with E-state index in [0.717, 1.165) is 9.46 Å². The number of aryl methyl sites for hydroxylation is 1. The van der Waals surface area contributed by atoms with Crippen molar-refractivity contribution in [2.75, 3.05) is 0 Å². The number of nitrogens with zero attached hydrogens (tertiary/aromatic N) is 2. The summed E-state index contributed by atoms with van der Waals surface area (Å²) in [6.45, 7) is -0.510. The molecule has 0 fully saturated rings. The zero-order valence-electron chi connectivity index (χ0n) is 9.31. The number of benzene rings is 1. The van der Waals surface area contributed by atoms with E-state index in [4.69, 9.17) is 0 Å². The Balaban J connectivity index is 2.02. The van der Waals surface area contributed by atoms with Gasteiger partial charge in [-0.1, -0.05) is 17.7 Å². The SMILES string of the molecule is Cc1ccc(SCc2nccn2C(F)F)cc1. The lowest BCUT2D eigenvalue weighted by atomic mass is 10.2. The lowest BCUT2D eigenvalue weighted by Crippen LogP contribution is -2.01. The number of imidazole rings is 1. The maximum Gasteiger partial charge on any atom is 0.319 e. The second-order valence-corrected chi connectivity index (χ2v) is 4.68. The summed E-state index contributed by atoms with van der Waals surface area (Å²) in [6.07, 6.45) is 2.70. The Kier molecular flexibility index (Phi) is 3.78. The van der Waals surface area contributed by atoms with Crippen LogP contribution in [0, 0.1) is 6.92 Å². The van der Waals surface area contributed by atoms with Gasteiger partial charge >= 0.3 is 6.55 Å². The van der Waals surface area contributed by atoms with Crippen molar-refractivity contribution in [1.29, 1.82) is 0 Å². The van der Waals surface area contributed by atoms with E-state index in [2.05, 4.69) is 4.98 Å². The molecule has 0 radical (unpaired) electrons. The second-order valence-electron chi connectivity index (χ2n) is 3.63. The molecule has 17 heavy (non-hydrogen) atoms. The van der Waals surface area contributed by atoms with Crippen LogP contribution in [-0.2, 0) is 5.75 Å². The molecular weight excluding hydrogens is 242 g/mol. The van der Waals surface area contributed by atoms with Crippen LogP contribution in [0.3, 0.4) is 0 Å². The Morgan fingerprint density at radius 1 is 1.29 bits per heavy atom. The molecule has 0 unspecified atom stereocenters. The molecule has 0 saturated heterocycles. The van der Waals surface area contributed by atoms with Gasteiger partial charge in [0.2, 0.25) is 0 Å². The molecule has 0 aliphatic heterocycles. The predicted molar refractivity (Wildman–Crippen MR) is 64.2 cm³/mol. The van der Waals surface area contributed by atoms with Crippen LogP contribution < -0.4 is 0 Å². The summed E-state index contributed by atoms with van der Waals surface area (Å²) in [5.74, 6) is 0.839. The van der Waals surface area contributed by atoms with Gasteiger partial charge in [0.1, 0.15) is 5.82 Å². The van der Waals surface area contributed by atoms with Crippen LogP contribution in [0.15, 0.2) is 41.6 Å². The molecular formula is C12H12F2N2S. The summed E-state index contributed by atoms with van der Waals surface area (Å²) < 4.78 is 26.0. The predicted octanol–water partition coefficient (Wildman–Crippen LogP) is 3.88. The fraction of sp³-hybridized carbons (Fsp3) is 0.250. The van der Waals surface area contributed by atoms with Gasteiger partial charge in [-0.25, -0.2) is 4.98 Å². The largest absolute Gasteiger partial charge is 0.319 e. The third-order valence-corrected chi connectivity index (χ3v) is 3.36. The Hall–Kier alpha value is -1.36. The highest BCUT2D eigenvalue weighted by molar-refractivity contribution is 7.98. The average molecular weight is 254 g/mol. The Labute approximate surface area is 103 Å². The van der Waals surface area contributed by atoms with E-state index < -0.39 is 6.55 Å². The molecule has 0 N–H and O–H groups in total. The van der Waals surface area contributed by atoms with Gasteiger partial charge in [-0.2, -0.15) is 8.78 Å². The fourth-order valence-electron chi connectivity index (χ4n) is 1.42. The minimum Gasteiger partial charge on any atom is -0.277 e. The molecule has 0 amide bonds. The third kappa shape index (κ3) is 3.06. The van der Waals surface area contributed by atoms with E-state index in [1.807, 2.05) is 31.2 Å². The third-order valence-electron chi connectivity index (χ3n) is 2.35. The first-order valence-corrected chi connectivity index (χ1v) is 6.14. The monoisotopic (exact) mass is 254 g/mol. The van der Waals surface area contributed by atoms with Gasteiger partial charge in [-0.3, -0.25) is 4.57 Å². The van der Waals surface area contributed by atoms with E-state index in [-0.39, 0.29) is 0 Å². The highest BCUT2D eigenvalue weighted by Gasteiger charge is 2.11. The zero-order chi connectivity index (χ0) is 12.3. The molecule has 90 valence electrons. The first-order valence-electron chi connectivity index (χ1n) is 5.16. The molecule has 1 heterocycles. The number of alkyl halides is 2. The summed E-state index contributed by atoms with van der Waals surface area (Å²) in [5.41, 5.74) is 1.18. The maximum absolute atomic E-state index is 12.6. The summed E-state index contributed by atoms with van der Waals surface area (Å²) in [4.78, 5) is 4.99. The van der Waals surface area contributed by atoms with Gasteiger partial charge in [0.25, 0.3) is 0 Å². The van der Waals surface area contributed by atoms with Crippen molar-refractivity contribution in [3.05, 3.63) is 48.0 Å². The smallest absolute Gasteiger partial charge is 0.277 e. The molecule has 0 atom stereocenters. The van der Waals surface area contributed by atoms with Crippen molar-refractivity contribution in [1.82, 2.24) is 9.55 Å². The maximum atomic E-state index is 12.6. The molecule has 1 aromatic heterocycles. The van der Waals surface area contributed by atoms with Crippen molar-refractivity contribution >= 4 is 11.8 Å². The summed E-state index contributed by atoms with van der Waals surface area (Å²) in [6, 6.07) is 7.97. The number of halogens is 2. The van der Waals surface area contributed by atoms with Crippen LogP contribution >= 0.6 is 11.8 Å². The number of thioether (sulfide) groups is 1. The number of hydrogen-bond acceptors (Lipinski definition) is 2. The standard InChI is InChI=1S/C12H12F2N2S/c1-9-2-4-10(5-3-9)17-8-11-15-6-7-16(11)12(13)14/h2-7,12H,8H2,1H3. The Bertz CT molecular complexity index is 480. The lowest BCUT2D eigenvalue weighted by molar-refractivity contribution is 0.0678. The quantitative estimate of drug-likeness (QED) is 0.771. The van der Waals surface area contributed by atoms with Crippen molar-refractivity contribution in [3.8, 4) is 0 Å². The summed E-state index contributed by atoms with van der Waals surface area (Å²) in [7, 11) is 0. The van der Waals surface area contributed by atoms with Crippen molar-refractivity contribution < 1.29 is 8.78 Å². The first-order chi connectivity index (χ1) is 8.16. The van der Waals surface area contributed by atoms with Gasteiger partial charge in [-0.05, 0) is 19.1 Å². The van der Waals surface area contributed by atoms with Crippen molar-refractivity contribution in [2.24, 2.45) is 0 Å². The van der Waals surface area contributed by atoms with Crippen LogP contribution in [0.5, 0.6) is 0 Å². The molecule has 0 aliphatic rings. The minimum atomic E-state index is -2.52. The van der Waals surface area contributed by atoms with E-state index >= 15 is 0 Å². The molecule has 0 spiro atoms. The van der Waals surface area contributed by atoms with Gasteiger partial charge in [0.05, 0.1) is 5.75 Å². The second kappa shape index (κ2) is 5.31. The van der Waals surface area contributed by atoms with Crippen LogP contribution in [-0.4, -0.2) is 9.55 Å². The van der Waals surface area contributed by atoms with Crippen LogP contribution in [0.25, 0.3) is 0 Å². The topological polar surface area (TPSA) is 17.8 Å². The number of aromatic nitrogens is 2. The highest BCUT2D eigenvalue weighted by Crippen LogP contribution is 2.24.